The molecule has 0 spiro atoms. The van der Waals surface area contributed by atoms with E-state index in [1.165, 1.54) is 42.5 Å². The molecule has 0 radical (unpaired) electrons. The molecule has 3 aromatic carbocycles. The molecule has 0 aromatic heterocycles. The van der Waals surface area contributed by atoms with Crippen molar-refractivity contribution in [1.82, 2.24) is 5.43 Å². The van der Waals surface area contributed by atoms with E-state index in [0.717, 1.165) is 12.3 Å². The molecule has 172 valence electrons. The van der Waals surface area contributed by atoms with Gasteiger partial charge in [0.2, 0.25) is 5.75 Å². The van der Waals surface area contributed by atoms with Crippen molar-refractivity contribution in [3.63, 3.8) is 0 Å². The second-order valence-electron chi connectivity index (χ2n) is 6.58. The van der Waals surface area contributed by atoms with E-state index in [4.69, 9.17) is 39.5 Å². The standard InChI is InChI=1S/C23H14Cl3N3O5/c24-16-7-4-14(5-8-16)6-11-21(30)34-22-15(2-1-3-20(22)29(32)33)13-27-28-23(31)18-10-9-17(25)12-19(18)26/h1-13H,(H,28,31)/b11-6+,27-13+. The van der Waals surface area contributed by atoms with Crippen LogP contribution in [0.3, 0.4) is 0 Å². The number of hydrogen-bond donors (Lipinski definition) is 1. The van der Waals surface area contributed by atoms with E-state index in [2.05, 4.69) is 10.5 Å². The van der Waals surface area contributed by atoms with E-state index >= 15 is 0 Å². The summed E-state index contributed by atoms with van der Waals surface area (Å²) in [4.78, 5) is 35.3. The molecule has 1 N–H and O–H groups in total. The minimum atomic E-state index is -0.851. The molecule has 0 fully saturated rings. The Kier molecular flexibility index (Phi) is 8.37. The topological polar surface area (TPSA) is 111 Å². The Morgan fingerprint density at radius 2 is 1.71 bits per heavy atom. The lowest BCUT2D eigenvalue weighted by Crippen LogP contribution is -2.18. The molecule has 0 aliphatic heterocycles. The Labute approximate surface area is 208 Å². The second-order valence-corrected chi connectivity index (χ2v) is 7.86. The van der Waals surface area contributed by atoms with Gasteiger partial charge in [0.1, 0.15) is 0 Å². The quantitative estimate of drug-likeness (QED) is 0.104. The molecule has 0 atom stereocenters. The average Bonchev–Trinajstić information content (AvgIpc) is 2.79. The van der Waals surface area contributed by atoms with Gasteiger partial charge in [-0.3, -0.25) is 14.9 Å². The summed E-state index contributed by atoms with van der Waals surface area (Å²) < 4.78 is 5.22. The SMILES string of the molecule is O=C(/C=C/c1ccc(Cl)cc1)Oc1c(/C=N/NC(=O)c2ccc(Cl)cc2Cl)cccc1[N+](=O)[O-]. The number of para-hydroxylation sites is 1. The van der Waals surface area contributed by atoms with Crippen molar-refractivity contribution in [3.05, 3.63) is 109 Å². The minimum absolute atomic E-state index is 0.0879. The van der Waals surface area contributed by atoms with Gasteiger partial charge in [-0.2, -0.15) is 5.10 Å². The van der Waals surface area contributed by atoms with E-state index in [1.54, 1.807) is 24.3 Å². The van der Waals surface area contributed by atoms with Crippen molar-refractivity contribution in [2.24, 2.45) is 5.10 Å². The number of rotatable bonds is 7. The van der Waals surface area contributed by atoms with E-state index in [-0.39, 0.29) is 21.9 Å². The van der Waals surface area contributed by atoms with Gasteiger partial charge in [-0.25, -0.2) is 10.2 Å². The number of nitrogens with zero attached hydrogens (tertiary/aromatic N) is 2. The van der Waals surface area contributed by atoms with Crippen LogP contribution in [-0.4, -0.2) is 23.0 Å². The Hall–Kier alpha value is -3.72. The fraction of sp³-hybridized carbons (Fsp3) is 0. The highest BCUT2D eigenvalue weighted by molar-refractivity contribution is 6.36. The molecule has 0 aliphatic rings. The van der Waals surface area contributed by atoms with Crippen LogP contribution in [0.25, 0.3) is 6.08 Å². The lowest BCUT2D eigenvalue weighted by Gasteiger charge is -2.07. The molecule has 1 amide bonds. The van der Waals surface area contributed by atoms with Crippen molar-refractivity contribution in [2.75, 3.05) is 0 Å². The number of carbonyl (C=O) groups excluding carboxylic acids is 2. The van der Waals surface area contributed by atoms with Crippen LogP contribution in [0.4, 0.5) is 5.69 Å². The van der Waals surface area contributed by atoms with E-state index < -0.39 is 22.5 Å². The van der Waals surface area contributed by atoms with Crippen LogP contribution in [0.15, 0.2) is 71.8 Å². The van der Waals surface area contributed by atoms with Crippen molar-refractivity contribution in [2.45, 2.75) is 0 Å². The maximum Gasteiger partial charge on any atom is 0.336 e. The van der Waals surface area contributed by atoms with E-state index in [9.17, 15) is 19.7 Å². The summed E-state index contributed by atoms with van der Waals surface area (Å²) in [5.41, 5.74) is 2.69. The molecular formula is C23H14Cl3N3O5. The smallest absolute Gasteiger partial charge is 0.336 e. The van der Waals surface area contributed by atoms with Crippen molar-refractivity contribution < 1.29 is 19.2 Å². The zero-order valence-corrected chi connectivity index (χ0v) is 19.3. The molecule has 0 saturated carbocycles. The summed E-state index contributed by atoms with van der Waals surface area (Å²) in [7, 11) is 0. The highest BCUT2D eigenvalue weighted by Gasteiger charge is 2.20. The fourth-order valence-corrected chi connectivity index (χ4v) is 3.29. The number of carbonyl (C=O) groups is 2. The maximum atomic E-state index is 12.3. The number of hydrogen-bond acceptors (Lipinski definition) is 6. The molecule has 0 unspecified atom stereocenters. The third-order valence-corrected chi connectivity index (χ3v) is 5.05. The van der Waals surface area contributed by atoms with Crippen LogP contribution in [0.1, 0.15) is 21.5 Å². The zero-order valence-electron chi connectivity index (χ0n) is 17.1. The molecule has 8 nitrogen and oxygen atoms in total. The third-order valence-electron chi connectivity index (χ3n) is 4.25. The second kappa shape index (κ2) is 11.4. The van der Waals surface area contributed by atoms with Crippen LogP contribution >= 0.6 is 34.8 Å². The average molecular weight is 519 g/mol. The first-order chi connectivity index (χ1) is 16.2. The Morgan fingerprint density at radius 3 is 2.38 bits per heavy atom. The largest absolute Gasteiger partial charge is 0.415 e. The molecule has 0 aliphatic carbocycles. The van der Waals surface area contributed by atoms with Gasteiger partial charge in [0.05, 0.1) is 21.7 Å². The number of nitro benzene ring substituents is 1. The van der Waals surface area contributed by atoms with Crippen LogP contribution in [0.5, 0.6) is 5.75 Å². The van der Waals surface area contributed by atoms with E-state index in [1.807, 2.05) is 0 Å². The van der Waals surface area contributed by atoms with Gasteiger partial charge in [0.25, 0.3) is 5.91 Å². The number of amides is 1. The Balaban J connectivity index is 1.79. The number of halogens is 3. The van der Waals surface area contributed by atoms with Gasteiger partial charge < -0.3 is 4.74 Å². The van der Waals surface area contributed by atoms with Gasteiger partial charge >= 0.3 is 11.7 Å². The fourth-order valence-electron chi connectivity index (χ4n) is 2.67. The summed E-state index contributed by atoms with van der Waals surface area (Å²) in [6, 6.07) is 15.0. The summed E-state index contributed by atoms with van der Waals surface area (Å²) in [5.74, 6) is -1.82. The number of nitro groups is 1. The van der Waals surface area contributed by atoms with Crippen molar-refractivity contribution in [1.29, 1.82) is 0 Å². The lowest BCUT2D eigenvalue weighted by atomic mass is 10.2. The normalized spacial score (nSPS) is 11.0. The van der Waals surface area contributed by atoms with Gasteiger partial charge in [0.15, 0.2) is 0 Å². The number of benzene rings is 3. The first kappa shape index (κ1) is 24.9. The van der Waals surface area contributed by atoms with Gasteiger partial charge in [-0.05, 0) is 48.0 Å². The number of hydrazone groups is 1. The highest BCUT2D eigenvalue weighted by atomic mass is 35.5. The van der Waals surface area contributed by atoms with E-state index in [0.29, 0.717) is 15.6 Å². The van der Waals surface area contributed by atoms with Crippen LogP contribution < -0.4 is 10.2 Å². The van der Waals surface area contributed by atoms with Gasteiger partial charge in [-0.1, -0.05) is 53.0 Å². The summed E-state index contributed by atoms with van der Waals surface area (Å²) >= 11 is 17.6. The van der Waals surface area contributed by atoms with Crippen LogP contribution in [-0.2, 0) is 4.79 Å². The lowest BCUT2D eigenvalue weighted by molar-refractivity contribution is -0.385. The Morgan fingerprint density at radius 1 is 1.00 bits per heavy atom. The predicted molar refractivity (Wildman–Crippen MR) is 131 cm³/mol. The molecule has 0 bridgehead atoms. The third kappa shape index (κ3) is 6.64. The van der Waals surface area contributed by atoms with Crippen LogP contribution in [0, 0.1) is 10.1 Å². The predicted octanol–water partition coefficient (Wildman–Crippen LogP) is 5.94. The zero-order chi connectivity index (χ0) is 24.7. The first-order valence-electron chi connectivity index (χ1n) is 9.46. The number of nitrogens with one attached hydrogen (secondary N) is 1. The molecule has 0 saturated heterocycles. The first-order valence-corrected chi connectivity index (χ1v) is 10.6. The number of ether oxygens (including phenoxy) is 1. The van der Waals surface area contributed by atoms with Gasteiger partial charge in [0, 0.05) is 27.8 Å². The van der Waals surface area contributed by atoms with Crippen molar-refractivity contribution in [3.8, 4) is 5.75 Å². The summed E-state index contributed by atoms with van der Waals surface area (Å²) in [6.45, 7) is 0. The summed E-state index contributed by atoms with van der Waals surface area (Å²) in [5, 5.41) is 16.3. The van der Waals surface area contributed by atoms with Gasteiger partial charge in [-0.15, -0.1) is 0 Å². The molecule has 0 heterocycles. The molecular weight excluding hydrogens is 505 g/mol. The van der Waals surface area contributed by atoms with Crippen LogP contribution in [0.2, 0.25) is 15.1 Å². The minimum Gasteiger partial charge on any atom is -0.415 e. The van der Waals surface area contributed by atoms with Crippen molar-refractivity contribution >= 4 is 64.7 Å². The number of esters is 1. The Bertz CT molecular complexity index is 1310. The molecule has 3 rings (SSSR count). The molecule has 11 heteroatoms. The molecule has 3 aromatic rings. The highest BCUT2D eigenvalue weighted by Crippen LogP contribution is 2.30. The molecule has 34 heavy (non-hydrogen) atoms. The monoisotopic (exact) mass is 517 g/mol. The summed E-state index contributed by atoms with van der Waals surface area (Å²) in [6.07, 6.45) is 3.70. The maximum absolute atomic E-state index is 12.3.